The largest absolute Gasteiger partial charge is 0.456 e. The molecule has 0 unspecified atom stereocenters. The molecule has 3 N–H and O–H groups in total. The summed E-state index contributed by atoms with van der Waals surface area (Å²) in [5, 5.41) is 9.19. The second kappa shape index (κ2) is 12.8. The summed E-state index contributed by atoms with van der Waals surface area (Å²) < 4.78 is 30.6. The molecule has 42 heavy (non-hydrogen) atoms. The van der Waals surface area contributed by atoms with Gasteiger partial charge in [0.15, 0.2) is 15.7 Å². The molecule has 0 aliphatic heterocycles. The van der Waals surface area contributed by atoms with Gasteiger partial charge in [0.05, 0.1) is 10.5 Å². The van der Waals surface area contributed by atoms with Crippen LogP contribution in [0.2, 0.25) is 5.02 Å². The summed E-state index contributed by atoms with van der Waals surface area (Å²) in [4.78, 5) is 32.8. The van der Waals surface area contributed by atoms with Crippen molar-refractivity contribution in [1.29, 1.82) is 0 Å². The first-order chi connectivity index (χ1) is 19.8. The summed E-state index contributed by atoms with van der Waals surface area (Å²) >= 11 is 6.57. The maximum absolute atomic E-state index is 12.2. The van der Waals surface area contributed by atoms with Crippen LogP contribution in [0.5, 0.6) is 11.5 Å². The molecule has 0 spiro atoms. The van der Waals surface area contributed by atoms with Crippen molar-refractivity contribution < 1.29 is 22.7 Å². The van der Waals surface area contributed by atoms with Crippen LogP contribution >= 0.6 is 11.6 Å². The summed E-state index contributed by atoms with van der Waals surface area (Å²) in [5.74, 6) is 0.418. The zero-order valence-electron chi connectivity index (χ0n) is 23.8. The molecule has 0 fully saturated rings. The molecule has 2 amide bonds. The lowest BCUT2D eigenvalue weighted by Crippen LogP contribution is -2.34. The lowest BCUT2D eigenvalue weighted by atomic mass is 9.95. The average Bonchev–Trinajstić information content (AvgIpc) is 3.31. The molecular weight excluding hydrogens is 580 g/mol. The standard InChI is InChI=1S/C29H33ClN6O5S/c1-29(2,3)28(38)32-16-19-6-5-7-21(14-19)41-24-9-8-20(15-22(24)30)35-27-26-23(33-18-34-27)10-12-36(26)13-11-31-25(37)17-42(4,39)40/h5-10,12,14-15,18H,11,13,16-17H2,1-4H3,(H,31,37)(H,32,38)(H,33,34,35). The molecule has 0 aliphatic rings. The van der Waals surface area contributed by atoms with Crippen LogP contribution in [0, 0.1) is 5.41 Å². The van der Waals surface area contributed by atoms with Crippen molar-refractivity contribution in [2.75, 3.05) is 23.9 Å². The number of amides is 2. The highest BCUT2D eigenvalue weighted by molar-refractivity contribution is 7.91. The predicted molar refractivity (Wildman–Crippen MR) is 163 cm³/mol. The van der Waals surface area contributed by atoms with Gasteiger partial charge in [0.1, 0.15) is 29.1 Å². The highest BCUT2D eigenvalue weighted by atomic mass is 35.5. The number of carbonyl (C=O) groups excluding carboxylic acids is 2. The van der Waals surface area contributed by atoms with E-state index in [-0.39, 0.29) is 12.5 Å². The number of nitrogens with zero attached hydrogens (tertiary/aromatic N) is 3. The molecule has 11 nitrogen and oxygen atoms in total. The highest BCUT2D eigenvalue weighted by Crippen LogP contribution is 2.33. The maximum Gasteiger partial charge on any atom is 0.235 e. The van der Waals surface area contributed by atoms with Crippen LogP contribution < -0.4 is 20.7 Å². The van der Waals surface area contributed by atoms with Crippen LogP contribution in [0.15, 0.2) is 61.1 Å². The minimum absolute atomic E-state index is 0.0374. The minimum atomic E-state index is -3.40. The summed E-state index contributed by atoms with van der Waals surface area (Å²) in [5.41, 5.74) is 2.49. The average molecular weight is 613 g/mol. The fourth-order valence-corrected chi connectivity index (χ4v) is 4.80. The molecule has 0 bridgehead atoms. The Balaban J connectivity index is 1.43. The Bertz CT molecular complexity index is 1720. The smallest absolute Gasteiger partial charge is 0.235 e. The molecule has 4 aromatic rings. The van der Waals surface area contributed by atoms with Gasteiger partial charge in [-0.3, -0.25) is 9.59 Å². The van der Waals surface area contributed by atoms with Crippen LogP contribution in [0.1, 0.15) is 26.3 Å². The van der Waals surface area contributed by atoms with Gasteiger partial charge in [0.25, 0.3) is 0 Å². The van der Waals surface area contributed by atoms with Crippen LogP contribution in [0.25, 0.3) is 11.0 Å². The molecule has 0 atom stereocenters. The first-order valence-electron chi connectivity index (χ1n) is 13.1. The van der Waals surface area contributed by atoms with Crippen molar-refractivity contribution in [2.45, 2.75) is 33.9 Å². The van der Waals surface area contributed by atoms with Crippen molar-refractivity contribution in [3.8, 4) is 11.5 Å². The quantitative estimate of drug-likeness (QED) is 0.225. The summed E-state index contributed by atoms with van der Waals surface area (Å²) in [6, 6.07) is 14.5. The topological polar surface area (TPSA) is 144 Å². The molecule has 0 saturated heterocycles. The zero-order valence-corrected chi connectivity index (χ0v) is 25.3. The fraction of sp³-hybridized carbons (Fsp3) is 0.310. The monoisotopic (exact) mass is 612 g/mol. The lowest BCUT2D eigenvalue weighted by molar-refractivity contribution is -0.128. The van der Waals surface area contributed by atoms with Gasteiger partial charge in [-0.05, 0) is 42.0 Å². The van der Waals surface area contributed by atoms with E-state index in [0.717, 1.165) is 11.8 Å². The number of carbonyl (C=O) groups is 2. The van der Waals surface area contributed by atoms with Crippen LogP contribution in [0.4, 0.5) is 11.5 Å². The van der Waals surface area contributed by atoms with Gasteiger partial charge < -0.3 is 25.3 Å². The number of ether oxygens (including phenoxy) is 1. The van der Waals surface area contributed by atoms with Crippen molar-refractivity contribution in [3.05, 3.63) is 71.6 Å². The molecule has 2 heterocycles. The number of benzene rings is 2. The Morgan fingerprint density at radius 1 is 1.05 bits per heavy atom. The lowest BCUT2D eigenvalue weighted by Gasteiger charge is -2.18. The summed E-state index contributed by atoms with van der Waals surface area (Å²) in [6.45, 7) is 6.58. The first-order valence-corrected chi connectivity index (χ1v) is 15.6. The van der Waals surface area contributed by atoms with Gasteiger partial charge in [-0.15, -0.1) is 0 Å². The van der Waals surface area contributed by atoms with Gasteiger partial charge in [0.2, 0.25) is 11.8 Å². The molecule has 222 valence electrons. The van der Waals surface area contributed by atoms with Crippen molar-refractivity contribution in [2.24, 2.45) is 5.41 Å². The third-order valence-corrected chi connectivity index (χ3v) is 7.16. The number of aromatic nitrogens is 3. The molecule has 2 aromatic heterocycles. The summed E-state index contributed by atoms with van der Waals surface area (Å²) in [6.07, 6.45) is 4.28. The number of hydrogen-bond donors (Lipinski definition) is 3. The van der Waals surface area contributed by atoms with Crippen LogP contribution in [-0.4, -0.2) is 53.3 Å². The van der Waals surface area contributed by atoms with E-state index in [9.17, 15) is 18.0 Å². The number of fused-ring (bicyclic) bond motifs is 1. The van der Waals surface area contributed by atoms with Crippen LogP contribution in [-0.2, 0) is 32.5 Å². The van der Waals surface area contributed by atoms with Crippen LogP contribution in [0.3, 0.4) is 0 Å². The number of rotatable bonds is 11. The van der Waals surface area contributed by atoms with E-state index in [1.54, 1.807) is 18.2 Å². The number of anilines is 2. The molecule has 0 radical (unpaired) electrons. The van der Waals surface area contributed by atoms with E-state index in [0.29, 0.717) is 52.1 Å². The van der Waals surface area contributed by atoms with E-state index in [1.165, 1.54) is 6.33 Å². The Hall–Kier alpha value is -4.16. The number of nitrogens with one attached hydrogen (secondary N) is 3. The molecule has 0 aliphatic carbocycles. The zero-order chi connectivity index (χ0) is 30.5. The van der Waals surface area contributed by atoms with E-state index < -0.39 is 26.9 Å². The Labute approximate surface area is 249 Å². The SMILES string of the molecule is CC(C)(C)C(=O)NCc1cccc(Oc2ccc(Nc3ncnc4ccn(CCNC(=O)CS(C)(=O)=O)c34)cc2Cl)c1. The van der Waals surface area contributed by atoms with Gasteiger partial charge in [-0.1, -0.05) is 44.5 Å². The summed E-state index contributed by atoms with van der Waals surface area (Å²) in [7, 11) is -3.40. The molecule has 4 rings (SSSR count). The Morgan fingerprint density at radius 2 is 1.83 bits per heavy atom. The van der Waals surface area contributed by atoms with E-state index >= 15 is 0 Å². The minimum Gasteiger partial charge on any atom is -0.456 e. The number of sulfone groups is 1. The normalized spacial score (nSPS) is 11.7. The van der Waals surface area contributed by atoms with Crippen molar-refractivity contribution >= 4 is 55.8 Å². The highest BCUT2D eigenvalue weighted by Gasteiger charge is 2.20. The predicted octanol–water partition coefficient (Wildman–Crippen LogP) is 4.44. The Kier molecular flexibility index (Phi) is 9.37. The van der Waals surface area contributed by atoms with Gasteiger partial charge in [-0.2, -0.15) is 0 Å². The van der Waals surface area contributed by atoms with Gasteiger partial charge in [-0.25, -0.2) is 18.4 Å². The molecule has 13 heteroatoms. The van der Waals surface area contributed by atoms with E-state index in [2.05, 4.69) is 25.9 Å². The molecular formula is C29H33ClN6O5S. The second-order valence-electron chi connectivity index (χ2n) is 10.8. The van der Waals surface area contributed by atoms with Crippen molar-refractivity contribution in [3.63, 3.8) is 0 Å². The second-order valence-corrected chi connectivity index (χ2v) is 13.4. The van der Waals surface area contributed by atoms with E-state index in [4.69, 9.17) is 16.3 Å². The van der Waals surface area contributed by atoms with E-state index in [1.807, 2.05) is 61.9 Å². The third-order valence-electron chi connectivity index (χ3n) is 6.07. The van der Waals surface area contributed by atoms with Crippen molar-refractivity contribution in [1.82, 2.24) is 25.2 Å². The van der Waals surface area contributed by atoms with Gasteiger partial charge in [0, 0.05) is 43.2 Å². The molecule has 2 aromatic carbocycles. The third kappa shape index (κ3) is 8.43. The fourth-order valence-electron chi connectivity index (χ4n) is 4.01. The first kappa shape index (κ1) is 30.8. The number of halogens is 1. The maximum atomic E-state index is 12.2. The van der Waals surface area contributed by atoms with Gasteiger partial charge >= 0.3 is 0 Å². The molecule has 0 saturated carbocycles. The number of hydrogen-bond acceptors (Lipinski definition) is 8. The Morgan fingerprint density at radius 3 is 2.55 bits per heavy atom.